The molecule has 1 unspecified atom stereocenters. The van der Waals surface area contributed by atoms with Gasteiger partial charge in [0.2, 0.25) is 0 Å². The van der Waals surface area contributed by atoms with Crippen LogP contribution in [-0.4, -0.2) is 16.8 Å². The van der Waals surface area contributed by atoms with Gasteiger partial charge in [-0.05, 0) is 41.9 Å². The van der Waals surface area contributed by atoms with E-state index in [0.717, 1.165) is 17.4 Å². The van der Waals surface area contributed by atoms with Crippen molar-refractivity contribution in [3.05, 3.63) is 51.8 Å². The Kier molecular flexibility index (Phi) is 4.77. The van der Waals surface area contributed by atoms with Gasteiger partial charge >= 0.3 is 0 Å². The molecule has 1 aromatic heterocycles. The monoisotopic (exact) mass is 321 g/mol. The van der Waals surface area contributed by atoms with Gasteiger partial charge in [0.15, 0.2) is 0 Å². The Hall–Kier alpha value is -1.13. The van der Waals surface area contributed by atoms with Gasteiger partial charge in [0.25, 0.3) is 0 Å². The highest BCUT2D eigenvalue weighted by Gasteiger charge is 2.20. The molecule has 0 saturated heterocycles. The molecule has 3 nitrogen and oxygen atoms in total. The summed E-state index contributed by atoms with van der Waals surface area (Å²) in [5.74, 6) is 0. The smallest absolute Gasteiger partial charge is 0.0757 e. The molecule has 19 heavy (non-hydrogen) atoms. The average Bonchev–Trinajstić information content (AvgIpc) is 2.76. The standard InChI is InChI=1S/C15H20BrN3/c1-4-9-19-15(13(16)10-18-19)14(17-3)12-7-5-11(2)6-8-12/h5-8,10,14,17H,4,9H2,1-3H3. The van der Waals surface area contributed by atoms with Crippen LogP contribution < -0.4 is 5.32 Å². The van der Waals surface area contributed by atoms with Crippen LogP contribution >= 0.6 is 15.9 Å². The maximum atomic E-state index is 4.45. The normalized spacial score (nSPS) is 12.6. The molecular weight excluding hydrogens is 302 g/mol. The lowest BCUT2D eigenvalue weighted by Crippen LogP contribution is -2.22. The minimum absolute atomic E-state index is 0.157. The number of aromatic nitrogens is 2. The van der Waals surface area contributed by atoms with Crippen LogP contribution in [0, 0.1) is 6.92 Å². The van der Waals surface area contributed by atoms with E-state index in [1.807, 2.05) is 13.2 Å². The molecule has 4 heteroatoms. The Bertz CT molecular complexity index is 531. The molecule has 1 heterocycles. The minimum atomic E-state index is 0.157. The summed E-state index contributed by atoms with van der Waals surface area (Å²) in [6.45, 7) is 5.21. The summed E-state index contributed by atoms with van der Waals surface area (Å²) in [6, 6.07) is 8.80. The zero-order valence-electron chi connectivity index (χ0n) is 11.7. The fourth-order valence-corrected chi connectivity index (χ4v) is 2.79. The first-order valence-electron chi connectivity index (χ1n) is 6.62. The number of hydrogen-bond acceptors (Lipinski definition) is 2. The van der Waals surface area contributed by atoms with Crippen LogP contribution in [0.5, 0.6) is 0 Å². The second-order valence-electron chi connectivity index (χ2n) is 4.73. The third-order valence-corrected chi connectivity index (χ3v) is 3.85. The molecule has 1 aromatic carbocycles. The molecule has 102 valence electrons. The lowest BCUT2D eigenvalue weighted by molar-refractivity contribution is 0.533. The predicted molar refractivity (Wildman–Crippen MR) is 82.3 cm³/mol. The molecule has 0 aliphatic rings. The molecule has 0 radical (unpaired) electrons. The summed E-state index contributed by atoms with van der Waals surface area (Å²) in [4.78, 5) is 0. The summed E-state index contributed by atoms with van der Waals surface area (Å²) >= 11 is 3.62. The summed E-state index contributed by atoms with van der Waals surface area (Å²) < 4.78 is 3.13. The van der Waals surface area contributed by atoms with Crippen LogP contribution in [0.2, 0.25) is 0 Å². The lowest BCUT2D eigenvalue weighted by atomic mass is 10.0. The van der Waals surface area contributed by atoms with Crippen molar-refractivity contribution in [2.75, 3.05) is 7.05 Å². The van der Waals surface area contributed by atoms with Crippen LogP contribution in [0.3, 0.4) is 0 Å². The van der Waals surface area contributed by atoms with Crippen molar-refractivity contribution in [1.82, 2.24) is 15.1 Å². The number of hydrogen-bond donors (Lipinski definition) is 1. The Morgan fingerprint density at radius 3 is 2.58 bits per heavy atom. The first kappa shape index (κ1) is 14.3. The molecular formula is C15H20BrN3. The van der Waals surface area contributed by atoms with Crippen molar-refractivity contribution in [2.45, 2.75) is 32.9 Å². The topological polar surface area (TPSA) is 29.9 Å². The molecule has 0 aliphatic heterocycles. The van der Waals surface area contributed by atoms with E-state index < -0.39 is 0 Å². The summed E-state index contributed by atoms with van der Waals surface area (Å²) in [5.41, 5.74) is 3.72. The Morgan fingerprint density at radius 2 is 2.00 bits per heavy atom. The molecule has 1 atom stereocenters. The van der Waals surface area contributed by atoms with E-state index >= 15 is 0 Å². The highest BCUT2D eigenvalue weighted by atomic mass is 79.9. The SMILES string of the molecule is CCCn1ncc(Br)c1C(NC)c1ccc(C)cc1. The first-order valence-corrected chi connectivity index (χ1v) is 7.41. The highest BCUT2D eigenvalue weighted by molar-refractivity contribution is 9.10. The van der Waals surface area contributed by atoms with Crippen LogP contribution in [0.1, 0.15) is 36.2 Å². The van der Waals surface area contributed by atoms with Crippen molar-refractivity contribution < 1.29 is 0 Å². The molecule has 2 aromatic rings. The molecule has 0 spiro atoms. The number of rotatable bonds is 5. The number of halogens is 1. The zero-order chi connectivity index (χ0) is 13.8. The van der Waals surface area contributed by atoms with Gasteiger partial charge < -0.3 is 5.32 Å². The summed E-state index contributed by atoms with van der Waals surface area (Å²) in [6.07, 6.45) is 2.95. The van der Waals surface area contributed by atoms with Gasteiger partial charge in [0.05, 0.1) is 22.4 Å². The molecule has 2 rings (SSSR count). The lowest BCUT2D eigenvalue weighted by Gasteiger charge is -2.19. The highest BCUT2D eigenvalue weighted by Crippen LogP contribution is 2.28. The second kappa shape index (κ2) is 6.35. The molecule has 0 amide bonds. The molecule has 0 saturated carbocycles. The third kappa shape index (κ3) is 3.07. The average molecular weight is 322 g/mol. The van der Waals surface area contributed by atoms with Gasteiger partial charge in [-0.15, -0.1) is 0 Å². The van der Waals surface area contributed by atoms with Crippen molar-refractivity contribution in [3.63, 3.8) is 0 Å². The van der Waals surface area contributed by atoms with E-state index in [-0.39, 0.29) is 6.04 Å². The summed E-state index contributed by atoms with van der Waals surface area (Å²) in [5, 5.41) is 7.84. The number of aryl methyl sites for hydroxylation is 2. The van der Waals surface area contributed by atoms with E-state index in [1.165, 1.54) is 16.8 Å². The Morgan fingerprint density at radius 1 is 1.32 bits per heavy atom. The first-order chi connectivity index (χ1) is 9.17. The van der Waals surface area contributed by atoms with Crippen molar-refractivity contribution in [1.29, 1.82) is 0 Å². The number of benzene rings is 1. The van der Waals surface area contributed by atoms with E-state index in [2.05, 4.69) is 69.1 Å². The quantitative estimate of drug-likeness (QED) is 0.910. The van der Waals surface area contributed by atoms with Crippen LogP contribution in [0.25, 0.3) is 0 Å². The van der Waals surface area contributed by atoms with Gasteiger partial charge in [0.1, 0.15) is 0 Å². The van der Waals surface area contributed by atoms with Gasteiger partial charge in [-0.3, -0.25) is 4.68 Å². The zero-order valence-corrected chi connectivity index (χ0v) is 13.2. The van der Waals surface area contributed by atoms with Gasteiger partial charge in [0, 0.05) is 6.54 Å². The fourth-order valence-electron chi connectivity index (χ4n) is 2.27. The van der Waals surface area contributed by atoms with Crippen LogP contribution in [0.4, 0.5) is 0 Å². The number of nitrogens with one attached hydrogen (secondary N) is 1. The van der Waals surface area contributed by atoms with E-state index in [9.17, 15) is 0 Å². The van der Waals surface area contributed by atoms with Gasteiger partial charge in [-0.2, -0.15) is 5.10 Å². The predicted octanol–water partition coefficient (Wildman–Crippen LogP) is 3.67. The van der Waals surface area contributed by atoms with Crippen LogP contribution in [-0.2, 0) is 6.54 Å². The van der Waals surface area contributed by atoms with E-state index in [1.54, 1.807) is 0 Å². The maximum absolute atomic E-state index is 4.45. The van der Waals surface area contributed by atoms with Crippen molar-refractivity contribution >= 4 is 15.9 Å². The molecule has 0 fully saturated rings. The van der Waals surface area contributed by atoms with E-state index in [0.29, 0.717) is 0 Å². The fraction of sp³-hybridized carbons (Fsp3) is 0.400. The third-order valence-electron chi connectivity index (χ3n) is 3.24. The molecule has 1 N–H and O–H groups in total. The molecule has 0 aliphatic carbocycles. The minimum Gasteiger partial charge on any atom is -0.308 e. The van der Waals surface area contributed by atoms with Crippen molar-refractivity contribution in [2.24, 2.45) is 0 Å². The summed E-state index contributed by atoms with van der Waals surface area (Å²) in [7, 11) is 1.99. The number of nitrogens with zero attached hydrogens (tertiary/aromatic N) is 2. The largest absolute Gasteiger partial charge is 0.308 e. The second-order valence-corrected chi connectivity index (χ2v) is 5.59. The Balaban J connectivity index is 2.41. The van der Waals surface area contributed by atoms with Crippen molar-refractivity contribution in [3.8, 4) is 0 Å². The Labute approximate surface area is 123 Å². The van der Waals surface area contributed by atoms with E-state index in [4.69, 9.17) is 0 Å². The van der Waals surface area contributed by atoms with Gasteiger partial charge in [-0.1, -0.05) is 36.8 Å². The van der Waals surface area contributed by atoms with Crippen LogP contribution in [0.15, 0.2) is 34.9 Å². The molecule has 0 bridgehead atoms. The van der Waals surface area contributed by atoms with Gasteiger partial charge in [-0.25, -0.2) is 0 Å². The maximum Gasteiger partial charge on any atom is 0.0757 e.